The number of nitrogens with zero attached hydrogens (tertiary/aromatic N) is 3. The fourth-order valence-corrected chi connectivity index (χ4v) is 12.2. The summed E-state index contributed by atoms with van der Waals surface area (Å²) in [5.74, 6) is 3.83. The Labute approximate surface area is 463 Å². The van der Waals surface area contributed by atoms with Crippen LogP contribution >= 0.6 is 0 Å². The average molecular weight is 1040 g/mol. The summed E-state index contributed by atoms with van der Waals surface area (Å²) in [5, 5.41) is 3.34. The molecular formula is C70H64BN3O5. The van der Waals surface area contributed by atoms with Crippen molar-refractivity contribution in [3.63, 3.8) is 0 Å². The lowest BCUT2D eigenvalue weighted by atomic mass is 9.33. The predicted molar refractivity (Wildman–Crippen MR) is 326 cm³/mol. The smallest absolute Gasteiger partial charge is 0.252 e. The molecule has 9 aromatic carbocycles. The van der Waals surface area contributed by atoms with Crippen LogP contribution in [-0.4, -0.2) is 33.1 Å². The molecule has 0 spiro atoms. The van der Waals surface area contributed by atoms with Crippen LogP contribution in [0.1, 0.15) is 79.0 Å². The van der Waals surface area contributed by atoms with Gasteiger partial charge in [-0.25, -0.2) is 0 Å². The van der Waals surface area contributed by atoms with Crippen LogP contribution in [0.15, 0.2) is 180 Å². The zero-order valence-electron chi connectivity index (χ0n) is 46.5. The summed E-state index contributed by atoms with van der Waals surface area (Å²) in [5.41, 5.74) is 18.4. The van der Waals surface area contributed by atoms with Gasteiger partial charge in [0.1, 0.15) is 37.8 Å². The number of benzene rings is 9. The molecule has 10 aromatic rings. The number of hydrogen-bond donors (Lipinski definition) is 0. The van der Waals surface area contributed by atoms with Crippen LogP contribution in [0, 0.1) is 0 Å². The van der Waals surface area contributed by atoms with E-state index in [1.54, 1.807) is 0 Å². The number of fused-ring (bicyclic) bond motifs is 8. The van der Waals surface area contributed by atoms with Crippen LogP contribution in [0.4, 0.5) is 51.2 Å². The Morgan fingerprint density at radius 3 is 1.35 bits per heavy atom. The van der Waals surface area contributed by atoms with E-state index < -0.39 is 0 Å². The minimum absolute atomic E-state index is 0.0381. The normalized spacial score (nSPS) is 14.5. The van der Waals surface area contributed by atoms with Crippen LogP contribution in [0.2, 0.25) is 0 Å². The first-order valence-corrected chi connectivity index (χ1v) is 27.8. The highest BCUT2D eigenvalue weighted by Gasteiger charge is 2.46. The average Bonchev–Trinajstić information content (AvgIpc) is 3.58. The van der Waals surface area contributed by atoms with Crippen molar-refractivity contribution in [1.82, 2.24) is 0 Å². The Balaban J connectivity index is 1.05. The molecule has 5 heterocycles. The highest BCUT2D eigenvalue weighted by molar-refractivity contribution is 7.00. The van der Waals surface area contributed by atoms with Crippen molar-refractivity contribution in [3.05, 3.63) is 193 Å². The van der Waals surface area contributed by atoms with Crippen molar-refractivity contribution in [2.24, 2.45) is 0 Å². The third-order valence-electron chi connectivity index (χ3n) is 16.4. The Morgan fingerprint density at radius 1 is 0.392 bits per heavy atom. The zero-order valence-corrected chi connectivity index (χ0v) is 46.5. The van der Waals surface area contributed by atoms with Gasteiger partial charge >= 0.3 is 0 Å². The molecule has 0 aliphatic carbocycles. The van der Waals surface area contributed by atoms with Gasteiger partial charge in [0.15, 0.2) is 23.0 Å². The highest BCUT2D eigenvalue weighted by Crippen LogP contribution is 2.52. The van der Waals surface area contributed by atoms with E-state index in [9.17, 15) is 0 Å². The van der Waals surface area contributed by atoms with Gasteiger partial charge in [-0.2, -0.15) is 0 Å². The molecule has 4 aliphatic heterocycles. The molecule has 392 valence electrons. The van der Waals surface area contributed by atoms with Crippen LogP contribution in [0.25, 0.3) is 33.1 Å². The van der Waals surface area contributed by atoms with Gasteiger partial charge in [-0.05, 0) is 151 Å². The maximum atomic E-state index is 6.47. The van der Waals surface area contributed by atoms with Gasteiger partial charge in [-0.1, -0.05) is 135 Å². The lowest BCUT2D eigenvalue weighted by Gasteiger charge is -2.45. The summed E-state index contributed by atoms with van der Waals surface area (Å²) in [6.45, 7) is 22.2. The van der Waals surface area contributed by atoms with Gasteiger partial charge < -0.3 is 38.1 Å². The lowest BCUT2D eigenvalue weighted by Crippen LogP contribution is -2.61. The molecule has 0 unspecified atom stereocenters. The lowest BCUT2D eigenvalue weighted by molar-refractivity contribution is 0.172. The van der Waals surface area contributed by atoms with E-state index >= 15 is 0 Å². The SMILES string of the molecule is CC(C)(C)c1ccc(N(c2cc3c4c(c2)N(c2ccc(C(C)(C)C)cc2)c2cc5c(cc2B4c2cc4c(cc2N3c2ccc(C(C)(C)C)cc2)OCCO4)OCCO5)c2ccc3cc(-c4cc5ccccc5o4)ccc3c2)cc1. The Morgan fingerprint density at radius 2 is 0.848 bits per heavy atom. The first kappa shape index (κ1) is 48.8. The van der Waals surface area contributed by atoms with E-state index in [2.05, 4.69) is 241 Å². The molecule has 0 saturated carbocycles. The number of ether oxygens (including phenoxy) is 4. The van der Waals surface area contributed by atoms with Crippen LogP contribution in [-0.2, 0) is 16.2 Å². The molecule has 1 aromatic heterocycles. The van der Waals surface area contributed by atoms with Crippen molar-refractivity contribution >= 4 is 96.0 Å². The quantitative estimate of drug-likeness (QED) is 0.153. The third kappa shape index (κ3) is 8.35. The number of para-hydroxylation sites is 1. The summed E-state index contributed by atoms with van der Waals surface area (Å²) < 4.78 is 32.2. The molecule has 0 fully saturated rings. The second-order valence-corrected chi connectivity index (χ2v) is 24.7. The first-order chi connectivity index (χ1) is 38.0. The van der Waals surface area contributed by atoms with E-state index in [1.807, 2.05) is 12.1 Å². The number of rotatable bonds is 6. The molecule has 79 heavy (non-hydrogen) atoms. The second-order valence-electron chi connectivity index (χ2n) is 24.7. The molecule has 0 bridgehead atoms. The van der Waals surface area contributed by atoms with Gasteiger partial charge in [0.25, 0.3) is 6.71 Å². The van der Waals surface area contributed by atoms with Crippen LogP contribution in [0.5, 0.6) is 23.0 Å². The zero-order chi connectivity index (χ0) is 54.1. The molecule has 9 heteroatoms. The minimum atomic E-state index is -0.230. The van der Waals surface area contributed by atoms with E-state index in [0.29, 0.717) is 26.4 Å². The summed E-state index contributed by atoms with van der Waals surface area (Å²) in [7, 11) is 0. The van der Waals surface area contributed by atoms with E-state index in [1.165, 1.54) is 22.2 Å². The van der Waals surface area contributed by atoms with Crippen molar-refractivity contribution in [2.45, 2.75) is 78.6 Å². The Kier molecular flexibility index (Phi) is 11.1. The molecule has 8 nitrogen and oxygen atoms in total. The van der Waals surface area contributed by atoms with Crippen molar-refractivity contribution in [3.8, 4) is 34.3 Å². The van der Waals surface area contributed by atoms with Crippen molar-refractivity contribution in [2.75, 3.05) is 41.1 Å². The summed E-state index contributed by atoms with van der Waals surface area (Å²) in [6, 6.07) is 65.0. The number of hydrogen-bond acceptors (Lipinski definition) is 8. The molecule has 0 saturated heterocycles. The second kappa shape index (κ2) is 18.0. The molecule has 4 aliphatic rings. The Bertz CT molecular complexity index is 3870. The predicted octanol–water partition coefficient (Wildman–Crippen LogP) is 16.2. The highest BCUT2D eigenvalue weighted by atomic mass is 16.6. The number of anilines is 9. The molecule has 0 N–H and O–H groups in total. The molecule has 0 radical (unpaired) electrons. The summed E-state index contributed by atoms with van der Waals surface area (Å²) in [4.78, 5) is 7.36. The van der Waals surface area contributed by atoms with E-state index in [0.717, 1.165) is 118 Å². The maximum absolute atomic E-state index is 6.47. The molecule has 0 atom stereocenters. The van der Waals surface area contributed by atoms with E-state index in [-0.39, 0.29) is 23.0 Å². The molecule has 14 rings (SSSR count). The molecular weight excluding hydrogens is 974 g/mol. The number of furan rings is 1. The van der Waals surface area contributed by atoms with Crippen LogP contribution < -0.4 is 50.0 Å². The fraction of sp³-hybridized carbons (Fsp3) is 0.229. The monoisotopic (exact) mass is 1040 g/mol. The van der Waals surface area contributed by atoms with Crippen molar-refractivity contribution < 1.29 is 23.4 Å². The minimum Gasteiger partial charge on any atom is -0.486 e. The summed E-state index contributed by atoms with van der Waals surface area (Å²) in [6.07, 6.45) is 0. The van der Waals surface area contributed by atoms with Gasteiger partial charge in [0.2, 0.25) is 0 Å². The van der Waals surface area contributed by atoms with Gasteiger partial charge in [0, 0.05) is 68.6 Å². The van der Waals surface area contributed by atoms with Crippen LogP contribution in [0.3, 0.4) is 0 Å². The van der Waals surface area contributed by atoms with E-state index in [4.69, 9.17) is 23.4 Å². The summed E-state index contributed by atoms with van der Waals surface area (Å²) >= 11 is 0. The maximum Gasteiger partial charge on any atom is 0.252 e. The van der Waals surface area contributed by atoms with Gasteiger partial charge in [-0.3, -0.25) is 0 Å². The largest absolute Gasteiger partial charge is 0.486 e. The van der Waals surface area contributed by atoms with Crippen molar-refractivity contribution in [1.29, 1.82) is 0 Å². The van der Waals surface area contributed by atoms with Gasteiger partial charge in [0.05, 0.1) is 5.69 Å². The Hall–Kier alpha value is -8.56. The standard InChI is InChI=1S/C70H64BN3O5/c1-68(2,3)47-17-24-50(25-18-47)72(53-23-16-43-34-46(15-14-44(43)35-53)62-36-45-12-10-11-13-61(45)79-62)54-37-59-67-60(38-54)74(52-28-21-49(22-29-52)70(7,8)9)58-42-66-64(76-31-33-78-66)40-56(58)71(67)55-39-63-65(77-32-30-75-63)41-57(55)73(59)51-26-19-48(20-27-51)69(4,5)6/h10-29,34-42H,30-33H2,1-9H3. The third-order valence-corrected chi connectivity index (χ3v) is 16.4. The molecule has 0 amide bonds. The fourth-order valence-electron chi connectivity index (χ4n) is 12.2. The topological polar surface area (TPSA) is 59.8 Å². The first-order valence-electron chi connectivity index (χ1n) is 27.8. The van der Waals surface area contributed by atoms with Gasteiger partial charge in [-0.15, -0.1) is 0 Å².